The van der Waals surface area contributed by atoms with Crippen molar-refractivity contribution in [1.82, 2.24) is 10.2 Å². The molecule has 100 valence electrons. The number of anilines is 1. The standard InChI is InChI=1S/C14H11N3O2S/c18-12(15-10-5-2-1-3-6-10)9-13-16-17-14(19-13)11-7-4-8-20-11/h1-8H,9H2,(H,15,18). The van der Waals surface area contributed by atoms with Crippen LogP contribution in [0.4, 0.5) is 5.69 Å². The zero-order valence-electron chi connectivity index (χ0n) is 10.4. The minimum absolute atomic E-state index is 0.0628. The Balaban J connectivity index is 1.65. The molecule has 3 rings (SSSR count). The summed E-state index contributed by atoms with van der Waals surface area (Å²) < 4.78 is 5.46. The number of para-hydroxylation sites is 1. The van der Waals surface area contributed by atoms with E-state index in [2.05, 4.69) is 15.5 Å². The Bertz CT molecular complexity index is 692. The summed E-state index contributed by atoms with van der Waals surface area (Å²) in [6, 6.07) is 13.1. The van der Waals surface area contributed by atoms with Crippen molar-refractivity contribution < 1.29 is 9.21 Å². The number of nitrogens with one attached hydrogen (secondary N) is 1. The minimum atomic E-state index is -0.183. The van der Waals surface area contributed by atoms with E-state index in [4.69, 9.17) is 4.42 Å². The van der Waals surface area contributed by atoms with Crippen LogP contribution in [0, 0.1) is 0 Å². The van der Waals surface area contributed by atoms with Gasteiger partial charge in [0, 0.05) is 5.69 Å². The van der Waals surface area contributed by atoms with Crippen LogP contribution in [0.1, 0.15) is 5.89 Å². The maximum atomic E-state index is 11.8. The van der Waals surface area contributed by atoms with Crippen molar-refractivity contribution in [3.63, 3.8) is 0 Å². The van der Waals surface area contributed by atoms with Crippen LogP contribution >= 0.6 is 11.3 Å². The molecule has 0 unspecified atom stereocenters. The molecule has 0 aliphatic rings. The summed E-state index contributed by atoms with van der Waals surface area (Å²) in [5.74, 6) is 0.571. The highest BCUT2D eigenvalue weighted by molar-refractivity contribution is 7.13. The fraction of sp³-hybridized carbons (Fsp3) is 0.0714. The lowest BCUT2D eigenvalue weighted by atomic mass is 10.3. The number of carbonyl (C=O) groups excluding carboxylic acids is 1. The summed E-state index contributed by atoms with van der Waals surface area (Å²) in [6.07, 6.45) is 0.0628. The molecule has 0 spiro atoms. The zero-order chi connectivity index (χ0) is 13.8. The summed E-state index contributed by atoms with van der Waals surface area (Å²) in [5, 5.41) is 12.5. The number of nitrogens with zero attached hydrogens (tertiary/aromatic N) is 2. The summed E-state index contributed by atoms with van der Waals surface area (Å²) in [6.45, 7) is 0. The Morgan fingerprint density at radius 2 is 2.00 bits per heavy atom. The largest absolute Gasteiger partial charge is 0.419 e. The predicted octanol–water partition coefficient (Wildman–Crippen LogP) is 2.98. The Kier molecular flexibility index (Phi) is 3.56. The second-order valence-corrected chi connectivity index (χ2v) is 5.02. The molecule has 0 aliphatic carbocycles. The first kappa shape index (κ1) is 12.6. The van der Waals surface area contributed by atoms with Crippen LogP contribution in [0.15, 0.2) is 52.3 Å². The van der Waals surface area contributed by atoms with Gasteiger partial charge in [-0.25, -0.2) is 0 Å². The average Bonchev–Trinajstić information content (AvgIpc) is 3.10. The highest BCUT2D eigenvalue weighted by atomic mass is 32.1. The number of carbonyl (C=O) groups is 1. The van der Waals surface area contributed by atoms with Gasteiger partial charge >= 0.3 is 0 Å². The lowest BCUT2D eigenvalue weighted by molar-refractivity contribution is -0.115. The summed E-state index contributed by atoms with van der Waals surface area (Å²) in [5.41, 5.74) is 0.746. The fourth-order valence-electron chi connectivity index (χ4n) is 1.69. The topological polar surface area (TPSA) is 68.0 Å². The molecule has 0 radical (unpaired) electrons. The molecule has 2 heterocycles. The van der Waals surface area contributed by atoms with E-state index in [1.54, 1.807) is 0 Å². The average molecular weight is 285 g/mol. The molecule has 1 aromatic carbocycles. The molecular weight excluding hydrogens is 274 g/mol. The van der Waals surface area contributed by atoms with E-state index >= 15 is 0 Å². The van der Waals surface area contributed by atoms with Crippen LogP contribution in [0.25, 0.3) is 10.8 Å². The number of rotatable bonds is 4. The molecular formula is C14H11N3O2S. The molecule has 3 aromatic rings. The van der Waals surface area contributed by atoms with Gasteiger partial charge in [-0.1, -0.05) is 24.3 Å². The van der Waals surface area contributed by atoms with Crippen molar-refractivity contribution >= 4 is 22.9 Å². The van der Waals surface area contributed by atoms with E-state index in [-0.39, 0.29) is 12.3 Å². The van der Waals surface area contributed by atoms with Crippen molar-refractivity contribution in [2.45, 2.75) is 6.42 Å². The molecule has 0 fully saturated rings. The van der Waals surface area contributed by atoms with Gasteiger partial charge in [-0.15, -0.1) is 21.5 Å². The van der Waals surface area contributed by atoms with Crippen molar-refractivity contribution in [1.29, 1.82) is 0 Å². The number of hydrogen-bond donors (Lipinski definition) is 1. The Morgan fingerprint density at radius 3 is 2.75 bits per heavy atom. The van der Waals surface area contributed by atoms with E-state index in [0.717, 1.165) is 10.6 Å². The minimum Gasteiger partial charge on any atom is -0.419 e. The molecule has 20 heavy (non-hydrogen) atoms. The van der Waals surface area contributed by atoms with E-state index < -0.39 is 0 Å². The van der Waals surface area contributed by atoms with Crippen LogP contribution < -0.4 is 5.32 Å². The fourth-order valence-corrected chi connectivity index (χ4v) is 2.33. The lowest BCUT2D eigenvalue weighted by Crippen LogP contribution is -2.14. The van der Waals surface area contributed by atoms with Gasteiger partial charge in [0.2, 0.25) is 11.8 Å². The molecule has 2 aromatic heterocycles. The Hall–Kier alpha value is -2.47. The first-order valence-corrected chi connectivity index (χ1v) is 6.90. The van der Waals surface area contributed by atoms with Crippen LogP contribution in [0.3, 0.4) is 0 Å². The molecule has 6 heteroatoms. The third kappa shape index (κ3) is 2.92. The number of aromatic nitrogens is 2. The first-order chi connectivity index (χ1) is 9.81. The SMILES string of the molecule is O=C(Cc1nnc(-c2cccs2)o1)Nc1ccccc1. The van der Waals surface area contributed by atoms with Gasteiger partial charge < -0.3 is 9.73 Å². The molecule has 0 saturated heterocycles. The normalized spacial score (nSPS) is 10.4. The smallest absolute Gasteiger partial charge is 0.257 e. The summed E-state index contributed by atoms with van der Waals surface area (Å²) in [7, 11) is 0. The van der Waals surface area contributed by atoms with Gasteiger partial charge in [-0.05, 0) is 23.6 Å². The number of amides is 1. The summed E-state index contributed by atoms with van der Waals surface area (Å²) >= 11 is 1.51. The van der Waals surface area contributed by atoms with Crippen molar-refractivity contribution in [2.24, 2.45) is 0 Å². The van der Waals surface area contributed by atoms with Crippen molar-refractivity contribution in [3.05, 3.63) is 53.7 Å². The van der Waals surface area contributed by atoms with Crippen LogP contribution in [0.5, 0.6) is 0 Å². The predicted molar refractivity (Wildman–Crippen MR) is 76.4 cm³/mol. The Morgan fingerprint density at radius 1 is 1.15 bits per heavy atom. The van der Waals surface area contributed by atoms with Crippen molar-refractivity contribution in [3.8, 4) is 10.8 Å². The number of benzene rings is 1. The van der Waals surface area contributed by atoms with Crippen molar-refractivity contribution in [2.75, 3.05) is 5.32 Å². The molecule has 0 saturated carbocycles. The van der Waals surface area contributed by atoms with Gasteiger partial charge in [0.25, 0.3) is 5.89 Å². The second-order valence-electron chi connectivity index (χ2n) is 4.07. The van der Waals surface area contributed by atoms with E-state index in [9.17, 15) is 4.79 Å². The van der Waals surface area contributed by atoms with Gasteiger partial charge in [-0.3, -0.25) is 4.79 Å². The molecule has 5 nitrogen and oxygen atoms in total. The van der Waals surface area contributed by atoms with E-state index in [1.807, 2.05) is 47.8 Å². The lowest BCUT2D eigenvalue weighted by Gasteiger charge is -2.02. The molecule has 1 amide bonds. The Labute approximate surface area is 119 Å². The number of thiophene rings is 1. The van der Waals surface area contributed by atoms with E-state index in [1.165, 1.54) is 11.3 Å². The van der Waals surface area contributed by atoms with Crippen LogP contribution in [-0.4, -0.2) is 16.1 Å². The third-order valence-electron chi connectivity index (χ3n) is 2.57. The molecule has 0 aliphatic heterocycles. The molecule has 0 atom stereocenters. The van der Waals surface area contributed by atoms with Gasteiger partial charge in [-0.2, -0.15) is 0 Å². The highest BCUT2D eigenvalue weighted by Crippen LogP contribution is 2.23. The quantitative estimate of drug-likeness (QED) is 0.800. The van der Waals surface area contributed by atoms with Crippen LogP contribution in [-0.2, 0) is 11.2 Å². The first-order valence-electron chi connectivity index (χ1n) is 6.02. The monoisotopic (exact) mass is 285 g/mol. The number of hydrogen-bond acceptors (Lipinski definition) is 5. The van der Waals surface area contributed by atoms with Gasteiger partial charge in [0.05, 0.1) is 4.88 Å². The molecule has 0 bridgehead atoms. The maximum Gasteiger partial charge on any atom is 0.257 e. The maximum absolute atomic E-state index is 11.8. The zero-order valence-corrected chi connectivity index (χ0v) is 11.3. The second kappa shape index (κ2) is 5.66. The van der Waals surface area contributed by atoms with Crippen LogP contribution in [0.2, 0.25) is 0 Å². The van der Waals surface area contributed by atoms with E-state index in [0.29, 0.717) is 11.8 Å². The van der Waals surface area contributed by atoms with Gasteiger partial charge in [0.1, 0.15) is 6.42 Å². The third-order valence-corrected chi connectivity index (χ3v) is 3.43. The van der Waals surface area contributed by atoms with Gasteiger partial charge in [0.15, 0.2) is 0 Å². The summed E-state index contributed by atoms with van der Waals surface area (Å²) in [4.78, 5) is 12.7. The molecule has 1 N–H and O–H groups in total. The highest BCUT2D eigenvalue weighted by Gasteiger charge is 2.12.